The fourth-order valence-corrected chi connectivity index (χ4v) is 3.72. The molecule has 0 aromatic carbocycles. The smallest absolute Gasteiger partial charge is 0.338 e. The van der Waals surface area contributed by atoms with Crippen molar-refractivity contribution >= 4 is 39.3 Å². The molecular formula is C13H15BrN2O3S. The summed E-state index contributed by atoms with van der Waals surface area (Å²) in [6.45, 7) is 4.13. The zero-order valence-corrected chi connectivity index (χ0v) is 13.8. The minimum absolute atomic E-state index is 0.202. The average molecular weight is 359 g/mol. The molecule has 1 N–H and O–H groups in total. The van der Waals surface area contributed by atoms with Gasteiger partial charge in [0, 0.05) is 17.1 Å². The van der Waals surface area contributed by atoms with Gasteiger partial charge < -0.3 is 10.1 Å². The van der Waals surface area contributed by atoms with Gasteiger partial charge in [0.2, 0.25) is 0 Å². The SMILES string of the molecule is CCN1C(=O)NC(c2ccc(Br)s2)C(C(=O)OC)=C1C. The van der Waals surface area contributed by atoms with Crippen LogP contribution >= 0.6 is 27.3 Å². The monoisotopic (exact) mass is 358 g/mol. The van der Waals surface area contributed by atoms with E-state index in [-0.39, 0.29) is 6.03 Å². The number of thiophene rings is 1. The third-order valence-electron chi connectivity index (χ3n) is 3.20. The van der Waals surface area contributed by atoms with E-state index < -0.39 is 12.0 Å². The largest absolute Gasteiger partial charge is 0.466 e. The fourth-order valence-electron chi connectivity index (χ4n) is 2.23. The van der Waals surface area contributed by atoms with Crippen LogP contribution in [0.5, 0.6) is 0 Å². The Morgan fingerprint density at radius 1 is 1.55 bits per heavy atom. The van der Waals surface area contributed by atoms with Gasteiger partial charge in [-0.3, -0.25) is 4.90 Å². The summed E-state index contributed by atoms with van der Waals surface area (Å²) in [5, 5.41) is 2.86. The first-order chi connectivity index (χ1) is 9.49. The molecule has 0 saturated carbocycles. The molecule has 0 spiro atoms. The Hall–Kier alpha value is -1.34. The molecule has 1 aromatic rings. The number of nitrogens with zero attached hydrogens (tertiary/aromatic N) is 1. The molecule has 1 aliphatic heterocycles. The first kappa shape index (κ1) is 15.1. The lowest BCUT2D eigenvalue weighted by molar-refractivity contribution is -0.136. The van der Waals surface area contributed by atoms with Crippen molar-refractivity contribution in [2.75, 3.05) is 13.7 Å². The number of carbonyl (C=O) groups is 2. The fraction of sp³-hybridized carbons (Fsp3) is 0.385. The van der Waals surface area contributed by atoms with E-state index in [0.717, 1.165) is 8.66 Å². The van der Waals surface area contributed by atoms with Crippen LogP contribution in [0.15, 0.2) is 27.2 Å². The first-order valence-corrected chi connectivity index (χ1v) is 7.72. The van der Waals surface area contributed by atoms with Crippen molar-refractivity contribution in [1.29, 1.82) is 0 Å². The molecule has 1 atom stereocenters. The summed E-state index contributed by atoms with van der Waals surface area (Å²) in [4.78, 5) is 26.6. The number of hydrogen-bond acceptors (Lipinski definition) is 4. The van der Waals surface area contributed by atoms with Gasteiger partial charge in [0.1, 0.15) is 0 Å². The maximum absolute atomic E-state index is 12.1. The number of allylic oxidation sites excluding steroid dienone is 1. The van der Waals surface area contributed by atoms with E-state index in [2.05, 4.69) is 21.2 Å². The zero-order chi connectivity index (χ0) is 14.9. The molecule has 0 fully saturated rings. The van der Waals surface area contributed by atoms with E-state index in [0.29, 0.717) is 17.8 Å². The van der Waals surface area contributed by atoms with Gasteiger partial charge >= 0.3 is 12.0 Å². The van der Waals surface area contributed by atoms with Crippen molar-refractivity contribution in [2.45, 2.75) is 19.9 Å². The molecule has 0 bridgehead atoms. The summed E-state index contributed by atoms with van der Waals surface area (Å²) in [6, 6.07) is 3.11. The number of ether oxygens (including phenoxy) is 1. The van der Waals surface area contributed by atoms with Crippen LogP contribution in [0.25, 0.3) is 0 Å². The molecule has 0 aliphatic carbocycles. The number of amides is 2. The number of hydrogen-bond donors (Lipinski definition) is 1. The predicted octanol–water partition coefficient (Wildman–Crippen LogP) is 3.04. The van der Waals surface area contributed by atoms with Crippen LogP contribution in [0, 0.1) is 0 Å². The van der Waals surface area contributed by atoms with Crippen LogP contribution in [-0.2, 0) is 9.53 Å². The van der Waals surface area contributed by atoms with Gasteiger partial charge in [-0.15, -0.1) is 11.3 Å². The highest BCUT2D eigenvalue weighted by Crippen LogP contribution is 2.36. The molecule has 2 rings (SSSR count). The van der Waals surface area contributed by atoms with Gasteiger partial charge in [-0.1, -0.05) is 0 Å². The third kappa shape index (κ3) is 2.60. The summed E-state index contributed by atoms with van der Waals surface area (Å²) in [7, 11) is 1.34. The quantitative estimate of drug-likeness (QED) is 0.844. The van der Waals surface area contributed by atoms with Gasteiger partial charge in [0.25, 0.3) is 0 Å². The van der Waals surface area contributed by atoms with Crippen LogP contribution in [0.2, 0.25) is 0 Å². The molecule has 20 heavy (non-hydrogen) atoms. The highest BCUT2D eigenvalue weighted by Gasteiger charge is 2.36. The minimum atomic E-state index is -0.464. The number of urea groups is 1. The molecule has 2 amide bonds. The Balaban J connectivity index is 2.52. The average Bonchev–Trinajstić information content (AvgIpc) is 2.84. The Morgan fingerprint density at radius 2 is 2.25 bits per heavy atom. The van der Waals surface area contributed by atoms with E-state index >= 15 is 0 Å². The second kappa shape index (κ2) is 5.97. The standard InChI is InChI=1S/C13H15BrN2O3S/c1-4-16-7(2)10(12(17)19-3)11(15-13(16)18)8-5-6-9(14)20-8/h5-6,11H,4H2,1-3H3,(H,15,18). The Morgan fingerprint density at radius 3 is 2.75 bits per heavy atom. The van der Waals surface area contributed by atoms with Gasteiger partial charge in [0.15, 0.2) is 0 Å². The number of nitrogens with one attached hydrogen (secondary N) is 1. The molecule has 5 nitrogen and oxygen atoms in total. The predicted molar refractivity (Wildman–Crippen MR) is 80.4 cm³/mol. The van der Waals surface area contributed by atoms with E-state index in [1.54, 1.807) is 6.92 Å². The van der Waals surface area contributed by atoms with Crippen molar-refractivity contribution in [3.63, 3.8) is 0 Å². The maximum atomic E-state index is 12.1. The second-order valence-electron chi connectivity index (χ2n) is 4.26. The summed E-state index contributed by atoms with van der Waals surface area (Å²) in [5.41, 5.74) is 1.11. The van der Waals surface area contributed by atoms with Crippen LogP contribution in [0.1, 0.15) is 24.8 Å². The van der Waals surface area contributed by atoms with Crippen molar-refractivity contribution in [3.05, 3.63) is 32.1 Å². The molecule has 0 radical (unpaired) electrons. The van der Waals surface area contributed by atoms with E-state index in [1.807, 2.05) is 19.1 Å². The summed E-state index contributed by atoms with van der Waals surface area (Å²) in [5.74, 6) is -0.421. The Kier molecular flexibility index (Phi) is 4.49. The Bertz CT molecular complexity index is 582. The van der Waals surface area contributed by atoms with Gasteiger partial charge in [-0.25, -0.2) is 9.59 Å². The highest BCUT2D eigenvalue weighted by molar-refractivity contribution is 9.11. The molecular weight excluding hydrogens is 344 g/mol. The molecule has 2 heterocycles. The van der Waals surface area contributed by atoms with Crippen molar-refractivity contribution in [2.24, 2.45) is 0 Å². The lowest BCUT2D eigenvalue weighted by Crippen LogP contribution is -2.47. The molecule has 108 valence electrons. The summed E-state index contributed by atoms with van der Waals surface area (Å²) >= 11 is 4.87. The van der Waals surface area contributed by atoms with Crippen molar-refractivity contribution in [1.82, 2.24) is 10.2 Å². The molecule has 1 aromatic heterocycles. The second-order valence-corrected chi connectivity index (χ2v) is 6.75. The van der Waals surface area contributed by atoms with Crippen LogP contribution in [-0.4, -0.2) is 30.6 Å². The van der Waals surface area contributed by atoms with Gasteiger partial charge in [-0.05, 0) is 41.9 Å². The number of halogens is 1. The third-order valence-corrected chi connectivity index (χ3v) is 4.88. The number of methoxy groups -OCH3 is 1. The normalized spacial score (nSPS) is 19.1. The minimum Gasteiger partial charge on any atom is -0.466 e. The highest BCUT2D eigenvalue weighted by atomic mass is 79.9. The zero-order valence-electron chi connectivity index (χ0n) is 11.4. The maximum Gasteiger partial charge on any atom is 0.338 e. The molecule has 0 saturated heterocycles. The number of carbonyl (C=O) groups excluding carboxylic acids is 2. The molecule has 7 heteroatoms. The molecule has 1 unspecified atom stereocenters. The number of rotatable bonds is 3. The van der Waals surface area contributed by atoms with Crippen molar-refractivity contribution in [3.8, 4) is 0 Å². The van der Waals surface area contributed by atoms with Crippen LogP contribution < -0.4 is 5.32 Å². The van der Waals surface area contributed by atoms with E-state index in [1.165, 1.54) is 23.3 Å². The van der Waals surface area contributed by atoms with E-state index in [4.69, 9.17) is 4.74 Å². The first-order valence-electron chi connectivity index (χ1n) is 6.12. The van der Waals surface area contributed by atoms with Gasteiger partial charge in [0.05, 0.1) is 22.5 Å². The van der Waals surface area contributed by atoms with Crippen LogP contribution in [0.3, 0.4) is 0 Å². The Labute approximate surface area is 129 Å². The number of esters is 1. The topological polar surface area (TPSA) is 58.6 Å². The molecule has 1 aliphatic rings. The lowest BCUT2D eigenvalue weighted by atomic mass is 10.0. The lowest BCUT2D eigenvalue weighted by Gasteiger charge is -2.34. The van der Waals surface area contributed by atoms with Crippen LogP contribution in [0.4, 0.5) is 4.79 Å². The van der Waals surface area contributed by atoms with Crippen molar-refractivity contribution < 1.29 is 14.3 Å². The summed E-state index contributed by atoms with van der Waals surface area (Å²) in [6.07, 6.45) is 0. The summed E-state index contributed by atoms with van der Waals surface area (Å²) < 4.78 is 5.81. The van der Waals surface area contributed by atoms with E-state index in [9.17, 15) is 9.59 Å². The van der Waals surface area contributed by atoms with Gasteiger partial charge in [-0.2, -0.15) is 0 Å².